The van der Waals surface area contributed by atoms with E-state index < -0.39 is 0 Å². The first kappa shape index (κ1) is 18.9. The average Bonchev–Trinajstić information content (AvgIpc) is 2.74. The van der Waals surface area contributed by atoms with Crippen molar-refractivity contribution >= 4 is 11.6 Å². The van der Waals surface area contributed by atoms with Crippen LogP contribution in [-0.4, -0.2) is 27.2 Å². The lowest BCUT2D eigenvalue weighted by Crippen LogP contribution is -2.35. The number of aryl methyl sites for hydroxylation is 1. The van der Waals surface area contributed by atoms with Crippen molar-refractivity contribution in [1.29, 1.82) is 0 Å². The van der Waals surface area contributed by atoms with Gasteiger partial charge in [0.15, 0.2) is 0 Å². The van der Waals surface area contributed by atoms with Gasteiger partial charge in [0.05, 0.1) is 24.1 Å². The van der Waals surface area contributed by atoms with Gasteiger partial charge in [0, 0.05) is 25.4 Å². The molecule has 0 saturated heterocycles. The van der Waals surface area contributed by atoms with E-state index in [2.05, 4.69) is 38.5 Å². The number of nitrogens with one attached hydrogen (secondary N) is 1. The molecule has 0 fully saturated rings. The van der Waals surface area contributed by atoms with Crippen molar-refractivity contribution < 1.29 is 4.79 Å². The summed E-state index contributed by atoms with van der Waals surface area (Å²) in [5.41, 5.74) is 4.94. The van der Waals surface area contributed by atoms with Gasteiger partial charge in [0.2, 0.25) is 5.91 Å². The van der Waals surface area contributed by atoms with E-state index >= 15 is 0 Å². The number of rotatable bonds is 5. The minimum atomic E-state index is -0.287. The van der Waals surface area contributed by atoms with Gasteiger partial charge in [-0.3, -0.25) is 14.6 Å². The van der Waals surface area contributed by atoms with Gasteiger partial charge >= 0.3 is 0 Å². The lowest BCUT2D eigenvalue weighted by Gasteiger charge is -2.30. The molecule has 1 amide bonds. The summed E-state index contributed by atoms with van der Waals surface area (Å²) in [6.07, 6.45) is 4.29. The van der Waals surface area contributed by atoms with E-state index in [0.29, 0.717) is 6.54 Å². The molecule has 3 aromatic rings. The highest BCUT2D eigenvalue weighted by Gasteiger charge is 2.17. The molecule has 7 nitrogen and oxygen atoms in total. The molecule has 0 saturated carbocycles. The van der Waals surface area contributed by atoms with E-state index in [1.165, 1.54) is 15.8 Å². The van der Waals surface area contributed by atoms with Gasteiger partial charge in [0.1, 0.15) is 6.54 Å². The Balaban J connectivity index is 1.39. The molecule has 2 aromatic heterocycles. The molecule has 0 aliphatic carbocycles. The lowest BCUT2D eigenvalue weighted by atomic mass is 10.00. The maximum Gasteiger partial charge on any atom is 0.269 e. The number of hydrogen-bond acceptors (Lipinski definition) is 5. The van der Waals surface area contributed by atoms with Crippen LogP contribution in [0.2, 0.25) is 0 Å². The number of fused-ring (bicyclic) bond motifs is 1. The number of anilines is 1. The van der Waals surface area contributed by atoms with Crippen LogP contribution in [0.1, 0.15) is 22.4 Å². The summed E-state index contributed by atoms with van der Waals surface area (Å²) in [4.78, 5) is 31.1. The molecule has 1 aliphatic rings. The van der Waals surface area contributed by atoms with E-state index in [9.17, 15) is 9.59 Å². The number of benzene rings is 1. The molecule has 148 valence electrons. The molecule has 29 heavy (non-hydrogen) atoms. The second-order valence-electron chi connectivity index (χ2n) is 7.19. The fourth-order valence-electron chi connectivity index (χ4n) is 3.51. The highest BCUT2D eigenvalue weighted by Crippen LogP contribution is 2.22. The van der Waals surface area contributed by atoms with Crippen LogP contribution in [0.4, 0.5) is 5.69 Å². The minimum absolute atomic E-state index is 0.117. The third-order valence-electron chi connectivity index (χ3n) is 5.22. The highest BCUT2D eigenvalue weighted by molar-refractivity contribution is 5.75. The minimum Gasteiger partial charge on any atom is -0.365 e. The third kappa shape index (κ3) is 4.34. The lowest BCUT2D eigenvalue weighted by molar-refractivity contribution is -0.122. The number of nitrogens with zero attached hydrogens (tertiary/aromatic N) is 4. The molecule has 1 N–H and O–H groups in total. The van der Waals surface area contributed by atoms with Crippen LogP contribution < -0.4 is 15.8 Å². The van der Waals surface area contributed by atoms with E-state index in [1.807, 2.05) is 25.1 Å². The van der Waals surface area contributed by atoms with Crippen LogP contribution in [0.25, 0.3) is 0 Å². The van der Waals surface area contributed by atoms with Crippen LogP contribution in [0.5, 0.6) is 0 Å². The Morgan fingerprint density at radius 2 is 2.00 bits per heavy atom. The molecule has 0 spiro atoms. The first-order chi connectivity index (χ1) is 14.1. The van der Waals surface area contributed by atoms with Crippen molar-refractivity contribution in [2.75, 3.05) is 11.4 Å². The Bertz CT molecular complexity index is 1090. The quantitative estimate of drug-likeness (QED) is 0.720. The Morgan fingerprint density at radius 3 is 2.79 bits per heavy atom. The van der Waals surface area contributed by atoms with Crippen molar-refractivity contribution in [1.82, 2.24) is 20.1 Å². The number of pyridine rings is 1. The predicted octanol–water partition coefficient (Wildman–Crippen LogP) is 1.83. The van der Waals surface area contributed by atoms with Crippen LogP contribution in [0, 0.1) is 6.92 Å². The van der Waals surface area contributed by atoms with Crippen LogP contribution >= 0.6 is 0 Å². The molecule has 4 rings (SSSR count). The van der Waals surface area contributed by atoms with Gasteiger partial charge in [-0.1, -0.05) is 30.3 Å². The molecule has 3 heterocycles. The number of aromatic nitrogens is 3. The van der Waals surface area contributed by atoms with Crippen molar-refractivity contribution in [2.24, 2.45) is 0 Å². The number of carbonyl (C=O) groups is 1. The SMILES string of the molecule is Cc1cccnc1CNC(=O)Cn1ncc(N2CCc3ccccc3C2)cc1=O. The average molecular weight is 389 g/mol. The summed E-state index contributed by atoms with van der Waals surface area (Å²) >= 11 is 0. The Labute approximate surface area is 169 Å². The van der Waals surface area contributed by atoms with Gasteiger partial charge in [-0.25, -0.2) is 4.68 Å². The number of hydrogen-bond donors (Lipinski definition) is 1. The zero-order valence-electron chi connectivity index (χ0n) is 16.3. The van der Waals surface area contributed by atoms with Gasteiger partial charge < -0.3 is 10.2 Å². The molecule has 7 heteroatoms. The van der Waals surface area contributed by atoms with Gasteiger partial charge in [-0.2, -0.15) is 5.10 Å². The molecule has 1 aromatic carbocycles. The number of carbonyl (C=O) groups excluding carboxylic acids is 1. The normalized spacial score (nSPS) is 13.1. The zero-order chi connectivity index (χ0) is 20.2. The van der Waals surface area contributed by atoms with Crippen molar-refractivity contribution in [2.45, 2.75) is 33.0 Å². The maximum atomic E-state index is 12.5. The van der Waals surface area contributed by atoms with Crippen molar-refractivity contribution in [3.8, 4) is 0 Å². The maximum absolute atomic E-state index is 12.5. The summed E-state index contributed by atoms with van der Waals surface area (Å²) in [5.74, 6) is -0.274. The second-order valence-corrected chi connectivity index (χ2v) is 7.19. The van der Waals surface area contributed by atoms with Gasteiger partial charge in [0.25, 0.3) is 5.56 Å². The smallest absolute Gasteiger partial charge is 0.269 e. The summed E-state index contributed by atoms with van der Waals surface area (Å²) in [7, 11) is 0. The second kappa shape index (κ2) is 8.26. The van der Waals surface area contributed by atoms with E-state index in [0.717, 1.165) is 36.5 Å². The largest absolute Gasteiger partial charge is 0.365 e. The Kier molecular flexibility index (Phi) is 5.37. The zero-order valence-corrected chi connectivity index (χ0v) is 16.3. The van der Waals surface area contributed by atoms with Crippen molar-refractivity contribution in [3.63, 3.8) is 0 Å². The van der Waals surface area contributed by atoms with E-state index in [-0.39, 0.29) is 18.0 Å². The fourth-order valence-corrected chi connectivity index (χ4v) is 3.51. The fraction of sp³-hybridized carbons (Fsp3) is 0.273. The van der Waals surface area contributed by atoms with E-state index in [4.69, 9.17) is 0 Å². The first-order valence-corrected chi connectivity index (χ1v) is 9.66. The van der Waals surface area contributed by atoms with Crippen LogP contribution in [-0.2, 0) is 30.8 Å². The van der Waals surface area contributed by atoms with E-state index in [1.54, 1.807) is 18.5 Å². The Hall–Kier alpha value is -3.48. The molecule has 0 atom stereocenters. The molecule has 0 unspecified atom stereocenters. The van der Waals surface area contributed by atoms with Crippen LogP contribution in [0.3, 0.4) is 0 Å². The molecule has 0 radical (unpaired) electrons. The molecular formula is C22H23N5O2. The summed E-state index contributed by atoms with van der Waals surface area (Å²) in [6.45, 7) is 3.74. The third-order valence-corrected chi connectivity index (χ3v) is 5.22. The van der Waals surface area contributed by atoms with Gasteiger partial charge in [-0.05, 0) is 36.1 Å². The predicted molar refractivity (Wildman–Crippen MR) is 111 cm³/mol. The van der Waals surface area contributed by atoms with Crippen LogP contribution in [0.15, 0.2) is 59.7 Å². The molecular weight excluding hydrogens is 366 g/mol. The molecule has 0 bridgehead atoms. The first-order valence-electron chi connectivity index (χ1n) is 9.66. The standard InChI is InChI=1S/C22H23N5O2/c1-16-5-4-9-23-20(16)13-24-21(28)15-27-22(29)11-19(12-25-27)26-10-8-17-6-2-3-7-18(17)14-26/h2-7,9,11-12H,8,10,13-15H2,1H3,(H,24,28). The van der Waals surface area contributed by atoms with Crippen molar-refractivity contribution in [3.05, 3.63) is 87.6 Å². The topological polar surface area (TPSA) is 80.1 Å². The van der Waals surface area contributed by atoms with Gasteiger partial charge in [-0.15, -0.1) is 0 Å². The summed E-state index contributed by atoms with van der Waals surface area (Å²) in [5, 5.41) is 7.00. The summed E-state index contributed by atoms with van der Waals surface area (Å²) < 4.78 is 1.18. The highest BCUT2D eigenvalue weighted by atomic mass is 16.2. The summed E-state index contributed by atoms with van der Waals surface area (Å²) in [6, 6.07) is 13.7. The monoisotopic (exact) mass is 389 g/mol. The number of amides is 1. The molecule has 1 aliphatic heterocycles. The Morgan fingerprint density at radius 1 is 1.17 bits per heavy atom.